The number of nitrogens with one attached hydrogen (secondary N) is 1. The Balaban J connectivity index is 2.14. The first-order valence-electron chi connectivity index (χ1n) is 6.42. The lowest BCUT2D eigenvalue weighted by molar-refractivity contribution is -0.385. The lowest BCUT2D eigenvalue weighted by atomic mass is 10.2. The van der Waals surface area contributed by atoms with Crippen LogP contribution in [0.1, 0.15) is 11.1 Å². The first-order valence-corrected chi connectivity index (χ1v) is 8.07. The molecule has 0 spiro atoms. The number of nitro groups is 1. The molecule has 0 radical (unpaired) electrons. The smallest absolute Gasteiger partial charge is 0.258 e. The summed E-state index contributed by atoms with van der Waals surface area (Å²) in [6.45, 7) is -0.452. The van der Waals surface area contributed by atoms with Gasteiger partial charge in [-0.25, -0.2) is 21.9 Å². The molecule has 0 saturated heterocycles. The number of nitro benzene ring substituents is 1. The third kappa shape index (κ3) is 4.54. The van der Waals surface area contributed by atoms with Crippen molar-refractivity contribution >= 4 is 15.7 Å². The van der Waals surface area contributed by atoms with Crippen LogP contribution in [0.5, 0.6) is 0 Å². The van der Waals surface area contributed by atoms with E-state index < -0.39 is 38.9 Å². The van der Waals surface area contributed by atoms with Gasteiger partial charge < -0.3 is 0 Å². The van der Waals surface area contributed by atoms with Gasteiger partial charge in [-0.05, 0) is 18.2 Å². The Hall–Kier alpha value is -2.39. The van der Waals surface area contributed by atoms with Gasteiger partial charge in [0.25, 0.3) is 5.69 Å². The fourth-order valence-electron chi connectivity index (χ4n) is 1.93. The van der Waals surface area contributed by atoms with E-state index in [0.717, 1.165) is 18.2 Å². The molecule has 0 aliphatic rings. The lowest BCUT2D eigenvalue weighted by Crippen LogP contribution is -2.25. The van der Waals surface area contributed by atoms with Gasteiger partial charge in [-0.1, -0.05) is 18.2 Å². The summed E-state index contributed by atoms with van der Waals surface area (Å²) in [4.78, 5) is 10.2. The van der Waals surface area contributed by atoms with E-state index in [1.54, 1.807) is 0 Å². The first-order chi connectivity index (χ1) is 10.8. The maximum atomic E-state index is 13.5. The molecule has 0 saturated carbocycles. The Bertz CT molecular complexity index is 840. The van der Waals surface area contributed by atoms with E-state index in [1.807, 2.05) is 0 Å². The van der Waals surface area contributed by atoms with Crippen molar-refractivity contribution < 1.29 is 22.1 Å². The molecule has 2 aromatic carbocycles. The summed E-state index contributed by atoms with van der Waals surface area (Å²) in [5.41, 5.74) is -0.476. The average Bonchev–Trinajstić information content (AvgIpc) is 2.48. The molecule has 2 aromatic rings. The number of halogens is 2. The van der Waals surface area contributed by atoms with E-state index in [1.165, 1.54) is 24.3 Å². The van der Waals surface area contributed by atoms with Crippen LogP contribution < -0.4 is 4.72 Å². The van der Waals surface area contributed by atoms with Gasteiger partial charge >= 0.3 is 0 Å². The summed E-state index contributed by atoms with van der Waals surface area (Å²) in [6.07, 6.45) is 0. The Morgan fingerprint density at radius 3 is 2.48 bits per heavy atom. The quantitative estimate of drug-likeness (QED) is 0.645. The van der Waals surface area contributed by atoms with Gasteiger partial charge in [0.15, 0.2) is 0 Å². The van der Waals surface area contributed by atoms with Crippen molar-refractivity contribution in [2.24, 2.45) is 0 Å². The third-order valence-electron chi connectivity index (χ3n) is 3.02. The van der Waals surface area contributed by atoms with Crippen LogP contribution in [-0.2, 0) is 22.3 Å². The van der Waals surface area contributed by atoms with Gasteiger partial charge in [-0.3, -0.25) is 10.1 Å². The predicted molar refractivity (Wildman–Crippen MR) is 78.9 cm³/mol. The standard InChI is InChI=1S/C14H12F2N2O4S/c15-12-5-6-13(16)11(7-12)8-17-23(21,22)9-10-3-1-2-4-14(10)18(19)20/h1-7,17H,8-9H2. The molecule has 0 amide bonds. The fraction of sp³-hybridized carbons (Fsp3) is 0.143. The van der Waals surface area contributed by atoms with E-state index in [2.05, 4.69) is 4.72 Å². The number of hydrogen-bond donors (Lipinski definition) is 1. The van der Waals surface area contributed by atoms with Crippen molar-refractivity contribution in [2.75, 3.05) is 0 Å². The highest BCUT2D eigenvalue weighted by molar-refractivity contribution is 7.88. The molecule has 0 atom stereocenters. The minimum absolute atomic E-state index is 0.00436. The summed E-state index contributed by atoms with van der Waals surface area (Å²) < 4.78 is 52.6. The summed E-state index contributed by atoms with van der Waals surface area (Å²) in [6, 6.07) is 8.09. The molecular formula is C14H12F2N2O4S. The number of para-hydroxylation sites is 1. The van der Waals surface area contributed by atoms with E-state index in [-0.39, 0.29) is 16.8 Å². The molecule has 6 nitrogen and oxygen atoms in total. The van der Waals surface area contributed by atoms with Gasteiger partial charge in [0.05, 0.1) is 10.7 Å². The van der Waals surface area contributed by atoms with E-state index in [0.29, 0.717) is 0 Å². The number of rotatable bonds is 6. The van der Waals surface area contributed by atoms with Crippen molar-refractivity contribution in [3.8, 4) is 0 Å². The molecule has 0 heterocycles. The lowest BCUT2D eigenvalue weighted by Gasteiger charge is -2.08. The molecule has 0 unspecified atom stereocenters. The van der Waals surface area contributed by atoms with Crippen LogP contribution in [0.15, 0.2) is 42.5 Å². The highest BCUT2D eigenvalue weighted by Gasteiger charge is 2.20. The van der Waals surface area contributed by atoms with E-state index in [9.17, 15) is 27.3 Å². The minimum Gasteiger partial charge on any atom is -0.258 e. The Labute approximate surface area is 131 Å². The van der Waals surface area contributed by atoms with Crippen LogP contribution in [0.25, 0.3) is 0 Å². The molecule has 9 heteroatoms. The van der Waals surface area contributed by atoms with Crippen LogP contribution in [0.4, 0.5) is 14.5 Å². The second kappa shape index (κ2) is 6.80. The predicted octanol–water partition coefficient (Wildman–Crippen LogP) is 2.49. The molecule has 0 aliphatic carbocycles. The fourth-order valence-corrected chi connectivity index (χ4v) is 3.06. The maximum Gasteiger partial charge on any atom is 0.273 e. The van der Waals surface area contributed by atoms with Gasteiger partial charge in [0.1, 0.15) is 11.6 Å². The normalized spacial score (nSPS) is 11.4. The number of sulfonamides is 1. The van der Waals surface area contributed by atoms with E-state index >= 15 is 0 Å². The molecule has 23 heavy (non-hydrogen) atoms. The Morgan fingerprint density at radius 2 is 1.78 bits per heavy atom. The van der Waals surface area contributed by atoms with Crippen LogP contribution in [-0.4, -0.2) is 13.3 Å². The van der Waals surface area contributed by atoms with Gasteiger partial charge in [0, 0.05) is 23.7 Å². The van der Waals surface area contributed by atoms with Crippen molar-refractivity contribution in [3.05, 3.63) is 75.3 Å². The van der Waals surface area contributed by atoms with Gasteiger partial charge in [-0.15, -0.1) is 0 Å². The number of nitrogens with zero attached hydrogens (tertiary/aromatic N) is 1. The third-order valence-corrected chi connectivity index (χ3v) is 4.30. The van der Waals surface area contributed by atoms with Crippen LogP contribution in [0, 0.1) is 21.7 Å². The molecule has 1 N–H and O–H groups in total. The van der Waals surface area contributed by atoms with Crippen molar-refractivity contribution in [2.45, 2.75) is 12.3 Å². The first kappa shape index (κ1) is 17.0. The van der Waals surface area contributed by atoms with Crippen molar-refractivity contribution in [1.82, 2.24) is 4.72 Å². The zero-order chi connectivity index (χ0) is 17.0. The Kier molecular flexibility index (Phi) is 5.02. The zero-order valence-corrected chi connectivity index (χ0v) is 12.5. The zero-order valence-electron chi connectivity index (χ0n) is 11.7. The summed E-state index contributed by atoms with van der Waals surface area (Å²) >= 11 is 0. The molecule has 2 rings (SSSR count). The summed E-state index contributed by atoms with van der Waals surface area (Å²) in [5, 5.41) is 10.9. The van der Waals surface area contributed by atoms with Gasteiger partial charge in [-0.2, -0.15) is 0 Å². The largest absolute Gasteiger partial charge is 0.273 e. The highest BCUT2D eigenvalue weighted by Crippen LogP contribution is 2.20. The second-order valence-electron chi connectivity index (χ2n) is 4.70. The number of hydrogen-bond acceptors (Lipinski definition) is 4. The molecular weight excluding hydrogens is 330 g/mol. The van der Waals surface area contributed by atoms with Crippen molar-refractivity contribution in [1.29, 1.82) is 0 Å². The molecule has 122 valence electrons. The summed E-state index contributed by atoms with van der Waals surface area (Å²) in [7, 11) is -3.96. The van der Waals surface area contributed by atoms with Gasteiger partial charge in [0.2, 0.25) is 10.0 Å². The van der Waals surface area contributed by atoms with Crippen molar-refractivity contribution in [3.63, 3.8) is 0 Å². The monoisotopic (exact) mass is 342 g/mol. The maximum absolute atomic E-state index is 13.5. The Morgan fingerprint density at radius 1 is 1.09 bits per heavy atom. The topological polar surface area (TPSA) is 89.3 Å². The SMILES string of the molecule is O=[N+]([O-])c1ccccc1CS(=O)(=O)NCc1cc(F)ccc1F. The molecule has 0 aliphatic heterocycles. The second-order valence-corrected chi connectivity index (χ2v) is 6.51. The van der Waals surface area contributed by atoms with Crippen LogP contribution in [0.2, 0.25) is 0 Å². The summed E-state index contributed by atoms with van der Waals surface area (Å²) in [5.74, 6) is -2.08. The number of benzene rings is 2. The molecule has 0 aromatic heterocycles. The average molecular weight is 342 g/mol. The molecule has 0 bridgehead atoms. The van der Waals surface area contributed by atoms with Crippen LogP contribution in [0.3, 0.4) is 0 Å². The van der Waals surface area contributed by atoms with Crippen LogP contribution >= 0.6 is 0 Å². The minimum atomic E-state index is -3.96. The highest BCUT2D eigenvalue weighted by atomic mass is 32.2. The molecule has 0 fully saturated rings. The van der Waals surface area contributed by atoms with E-state index in [4.69, 9.17) is 0 Å².